The van der Waals surface area contributed by atoms with Gasteiger partial charge in [0.1, 0.15) is 17.4 Å². The molecule has 2 amide bonds. The van der Waals surface area contributed by atoms with Crippen LogP contribution >= 0.6 is 0 Å². The van der Waals surface area contributed by atoms with Gasteiger partial charge >= 0.3 is 6.18 Å². The number of aryl methyl sites for hydroxylation is 1. The van der Waals surface area contributed by atoms with Gasteiger partial charge in [0.15, 0.2) is 5.82 Å². The molecule has 3 N–H and O–H groups in total. The van der Waals surface area contributed by atoms with E-state index in [0.717, 1.165) is 12.3 Å². The molecule has 0 saturated heterocycles. The Labute approximate surface area is 204 Å². The highest BCUT2D eigenvalue weighted by Gasteiger charge is 2.33. The summed E-state index contributed by atoms with van der Waals surface area (Å²) < 4.78 is 39.7. The van der Waals surface area contributed by atoms with Gasteiger partial charge in [0, 0.05) is 25.0 Å². The summed E-state index contributed by atoms with van der Waals surface area (Å²) in [5.74, 6) is -0.0129. The first kappa shape index (κ1) is 25.0. The topological polar surface area (TPSA) is 135 Å². The van der Waals surface area contributed by atoms with Crippen molar-refractivity contribution in [1.29, 1.82) is 0 Å². The zero-order valence-corrected chi connectivity index (χ0v) is 19.7. The van der Waals surface area contributed by atoms with E-state index in [1.807, 2.05) is 0 Å². The number of hydrogen-bond donors (Lipinski definition) is 2. The van der Waals surface area contributed by atoms with Gasteiger partial charge < -0.3 is 16.0 Å². The van der Waals surface area contributed by atoms with Crippen molar-refractivity contribution in [2.24, 2.45) is 5.73 Å². The number of nitrogens with two attached hydrogens (primary N) is 1. The first-order chi connectivity index (χ1) is 17.0. The summed E-state index contributed by atoms with van der Waals surface area (Å²) in [6.45, 7) is 3.40. The monoisotopic (exact) mass is 503 g/mol. The molecule has 0 aliphatic carbocycles. The first-order valence-electron chi connectivity index (χ1n) is 10.9. The highest BCUT2D eigenvalue weighted by atomic mass is 19.4. The van der Waals surface area contributed by atoms with E-state index in [9.17, 15) is 22.8 Å². The molecule has 0 fully saturated rings. The molecule has 1 aliphatic heterocycles. The molecule has 36 heavy (non-hydrogen) atoms. The minimum atomic E-state index is -4.51. The Bertz CT molecular complexity index is 1290. The molecule has 0 bridgehead atoms. The number of alkyl halides is 3. The molecule has 0 saturated carbocycles. The lowest BCUT2D eigenvalue weighted by atomic mass is 10.2. The molecule has 3 aromatic rings. The van der Waals surface area contributed by atoms with Crippen molar-refractivity contribution < 1.29 is 22.8 Å². The quantitative estimate of drug-likeness (QED) is 0.519. The lowest BCUT2D eigenvalue weighted by molar-refractivity contribution is -0.141. The maximum absolute atomic E-state index is 12.7. The Morgan fingerprint density at radius 3 is 2.61 bits per heavy atom. The van der Waals surface area contributed by atoms with E-state index >= 15 is 0 Å². The number of pyridine rings is 1. The number of amides is 2. The Balaban J connectivity index is 1.56. The number of rotatable bonds is 6. The third-order valence-electron chi connectivity index (χ3n) is 5.81. The Morgan fingerprint density at radius 2 is 1.97 bits per heavy atom. The zero-order valence-electron chi connectivity index (χ0n) is 19.7. The maximum Gasteiger partial charge on any atom is 0.433 e. The molecule has 1 unspecified atom stereocenters. The summed E-state index contributed by atoms with van der Waals surface area (Å²) in [7, 11) is 1.73. The SMILES string of the molecule is Cc1nc(N(Cc2cnn(Cc3ccc(C(F)(F)F)nc3)c2)C(=O)CN)nc2c1NC(=O)C(C)N2C. The fourth-order valence-electron chi connectivity index (χ4n) is 3.66. The highest BCUT2D eigenvalue weighted by Crippen LogP contribution is 2.33. The van der Waals surface area contributed by atoms with E-state index in [1.165, 1.54) is 21.8 Å². The fraction of sp³-hybridized carbons (Fsp3) is 0.364. The predicted octanol–water partition coefficient (Wildman–Crippen LogP) is 1.71. The van der Waals surface area contributed by atoms with Gasteiger partial charge in [-0.05, 0) is 25.5 Å². The standard InChI is InChI=1S/C22H24F3N9O2/c1-12-18-19(32(3)13(2)20(36)30-18)31-21(29-12)34(17(35)6-26)11-15-8-28-33(10-15)9-14-4-5-16(27-7-14)22(23,24)25/h4-5,7-8,10,13H,6,9,11,26H2,1-3H3,(H,30,36). The summed E-state index contributed by atoms with van der Waals surface area (Å²) in [4.78, 5) is 40.3. The second-order valence-corrected chi connectivity index (χ2v) is 8.36. The van der Waals surface area contributed by atoms with Gasteiger partial charge in [-0.2, -0.15) is 23.3 Å². The van der Waals surface area contributed by atoms with Crippen molar-refractivity contribution in [2.45, 2.75) is 39.2 Å². The highest BCUT2D eigenvalue weighted by molar-refractivity contribution is 6.03. The second kappa shape index (κ2) is 9.53. The van der Waals surface area contributed by atoms with Crippen molar-refractivity contribution in [3.05, 3.63) is 53.2 Å². The average Bonchev–Trinajstić information content (AvgIpc) is 3.28. The van der Waals surface area contributed by atoms with Gasteiger partial charge in [-0.1, -0.05) is 6.07 Å². The number of likely N-dealkylation sites (N-methyl/N-ethyl adjacent to an activating group) is 1. The normalized spacial score (nSPS) is 15.5. The number of fused-ring (bicyclic) bond motifs is 1. The summed E-state index contributed by atoms with van der Waals surface area (Å²) in [5, 5.41) is 7.02. The van der Waals surface area contributed by atoms with E-state index in [2.05, 4.69) is 25.4 Å². The van der Waals surface area contributed by atoms with Crippen LogP contribution in [0.25, 0.3) is 0 Å². The van der Waals surface area contributed by atoms with E-state index in [4.69, 9.17) is 5.73 Å². The lowest BCUT2D eigenvalue weighted by Crippen LogP contribution is -2.45. The van der Waals surface area contributed by atoms with Gasteiger partial charge in [0.25, 0.3) is 0 Å². The molecule has 1 atom stereocenters. The number of nitrogens with one attached hydrogen (secondary N) is 1. The van der Waals surface area contributed by atoms with Gasteiger partial charge in [-0.25, -0.2) is 4.98 Å². The Hall–Kier alpha value is -4.07. The van der Waals surface area contributed by atoms with Crippen LogP contribution in [0.5, 0.6) is 0 Å². The largest absolute Gasteiger partial charge is 0.433 e. The van der Waals surface area contributed by atoms with Crippen LogP contribution in [0.2, 0.25) is 0 Å². The lowest BCUT2D eigenvalue weighted by Gasteiger charge is -2.33. The number of anilines is 3. The van der Waals surface area contributed by atoms with E-state index < -0.39 is 23.8 Å². The van der Waals surface area contributed by atoms with E-state index in [-0.39, 0.29) is 31.5 Å². The number of carbonyl (C=O) groups excluding carboxylic acids is 2. The molecule has 4 rings (SSSR count). The summed E-state index contributed by atoms with van der Waals surface area (Å²) in [5.41, 5.74) is 6.79. The third-order valence-corrected chi connectivity index (χ3v) is 5.81. The van der Waals surface area contributed by atoms with Crippen molar-refractivity contribution in [3.8, 4) is 0 Å². The molecule has 3 aromatic heterocycles. The fourth-order valence-corrected chi connectivity index (χ4v) is 3.66. The number of carbonyl (C=O) groups is 2. The van der Waals surface area contributed by atoms with Crippen LogP contribution in [0, 0.1) is 6.92 Å². The Kier molecular flexibility index (Phi) is 6.63. The van der Waals surface area contributed by atoms with Gasteiger partial charge in [-0.3, -0.25) is 24.2 Å². The van der Waals surface area contributed by atoms with Crippen molar-refractivity contribution in [3.63, 3.8) is 0 Å². The molecule has 0 radical (unpaired) electrons. The van der Waals surface area contributed by atoms with Crippen LogP contribution in [-0.4, -0.2) is 56.2 Å². The van der Waals surface area contributed by atoms with Crippen LogP contribution in [-0.2, 0) is 28.9 Å². The van der Waals surface area contributed by atoms with Crippen LogP contribution in [0.15, 0.2) is 30.7 Å². The molecule has 0 aromatic carbocycles. The first-order valence-corrected chi connectivity index (χ1v) is 10.9. The van der Waals surface area contributed by atoms with Crippen molar-refractivity contribution >= 4 is 29.3 Å². The summed E-state index contributed by atoms with van der Waals surface area (Å²) >= 11 is 0. The van der Waals surface area contributed by atoms with Gasteiger partial charge in [-0.15, -0.1) is 0 Å². The number of aromatic nitrogens is 5. The molecular weight excluding hydrogens is 479 g/mol. The predicted molar refractivity (Wildman–Crippen MR) is 124 cm³/mol. The van der Waals surface area contributed by atoms with Crippen molar-refractivity contribution in [2.75, 3.05) is 28.7 Å². The van der Waals surface area contributed by atoms with Crippen molar-refractivity contribution in [1.82, 2.24) is 24.7 Å². The average molecular weight is 503 g/mol. The summed E-state index contributed by atoms with van der Waals surface area (Å²) in [6.07, 6.45) is -0.164. The maximum atomic E-state index is 12.7. The van der Waals surface area contributed by atoms with E-state index in [1.54, 1.807) is 32.0 Å². The van der Waals surface area contributed by atoms with Gasteiger partial charge in [0.05, 0.1) is 31.5 Å². The number of halogens is 3. The molecule has 14 heteroatoms. The number of hydrogen-bond acceptors (Lipinski definition) is 8. The summed E-state index contributed by atoms with van der Waals surface area (Å²) in [6, 6.07) is 1.79. The number of nitrogens with zero attached hydrogens (tertiary/aromatic N) is 7. The third kappa shape index (κ3) is 4.98. The van der Waals surface area contributed by atoms with Crippen LogP contribution in [0.4, 0.5) is 30.6 Å². The molecule has 11 nitrogen and oxygen atoms in total. The van der Waals surface area contributed by atoms with Gasteiger partial charge in [0.2, 0.25) is 17.8 Å². The van der Waals surface area contributed by atoms with E-state index in [0.29, 0.717) is 28.3 Å². The molecule has 4 heterocycles. The molecule has 0 spiro atoms. The van der Waals surface area contributed by atoms with Crippen LogP contribution < -0.4 is 20.9 Å². The zero-order chi connectivity index (χ0) is 26.2. The minimum Gasteiger partial charge on any atom is -0.346 e. The van der Waals surface area contributed by atoms with Crippen LogP contribution in [0.1, 0.15) is 29.4 Å². The molecule has 1 aliphatic rings. The molecular formula is C22H24F3N9O2. The minimum absolute atomic E-state index is 0.0607. The van der Waals surface area contributed by atoms with Crippen LogP contribution in [0.3, 0.4) is 0 Å². The second-order valence-electron chi connectivity index (χ2n) is 8.36. The Morgan fingerprint density at radius 1 is 1.22 bits per heavy atom. The smallest absolute Gasteiger partial charge is 0.346 e. The molecule has 190 valence electrons.